The lowest BCUT2D eigenvalue weighted by Crippen LogP contribution is -2.19. The van der Waals surface area contributed by atoms with Crippen molar-refractivity contribution in [3.63, 3.8) is 0 Å². The molecule has 0 saturated heterocycles. The molecular formula is C10H12ClFO2S. The molecule has 0 aliphatic heterocycles. The zero-order valence-electron chi connectivity index (χ0n) is 7.90. The molecule has 2 nitrogen and oxygen atoms in total. The quantitative estimate of drug-likeness (QED) is 0.717. The van der Waals surface area contributed by atoms with Crippen LogP contribution in [0.4, 0.5) is 4.39 Å². The van der Waals surface area contributed by atoms with Gasteiger partial charge < -0.3 is 10.2 Å². The number of rotatable bonds is 4. The maximum Gasteiger partial charge on any atom is 0.129 e. The van der Waals surface area contributed by atoms with Crippen molar-refractivity contribution in [1.29, 1.82) is 0 Å². The molecule has 2 atom stereocenters. The standard InChI is InChI=1S/C10H12ClFO2S/c11-6-1-2-8(12)7(5-6)10(14)9(13)3-4-15/h1-2,5,9-10,13-15H,3-4H2. The molecule has 0 heterocycles. The molecule has 0 spiro atoms. The minimum Gasteiger partial charge on any atom is -0.390 e. The third-order valence-corrected chi connectivity index (χ3v) is 2.56. The van der Waals surface area contributed by atoms with Gasteiger partial charge in [-0.05, 0) is 30.4 Å². The van der Waals surface area contributed by atoms with Gasteiger partial charge in [-0.15, -0.1) is 0 Å². The van der Waals surface area contributed by atoms with Crippen LogP contribution in [-0.2, 0) is 0 Å². The van der Waals surface area contributed by atoms with E-state index >= 15 is 0 Å². The molecule has 0 amide bonds. The Morgan fingerprint density at radius 1 is 1.40 bits per heavy atom. The summed E-state index contributed by atoms with van der Waals surface area (Å²) in [5, 5.41) is 19.4. The number of benzene rings is 1. The number of aliphatic hydroxyl groups excluding tert-OH is 2. The molecule has 0 saturated carbocycles. The van der Waals surface area contributed by atoms with E-state index in [0.717, 1.165) is 6.07 Å². The molecule has 0 bridgehead atoms. The van der Waals surface area contributed by atoms with Gasteiger partial charge in [0.15, 0.2) is 0 Å². The Kier molecular flexibility index (Phi) is 4.86. The van der Waals surface area contributed by atoms with Crippen molar-refractivity contribution in [2.24, 2.45) is 0 Å². The monoisotopic (exact) mass is 250 g/mol. The van der Waals surface area contributed by atoms with Crippen LogP contribution in [0.2, 0.25) is 5.02 Å². The van der Waals surface area contributed by atoms with Crippen molar-refractivity contribution in [2.45, 2.75) is 18.6 Å². The van der Waals surface area contributed by atoms with Crippen molar-refractivity contribution in [1.82, 2.24) is 0 Å². The third kappa shape index (κ3) is 3.34. The van der Waals surface area contributed by atoms with Crippen molar-refractivity contribution in [3.8, 4) is 0 Å². The largest absolute Gasteiger partial charge is 0.390 e. The number of hydrogen-bond acceptors (Lipinski definition) is 3. The molecule has 0 fully saturated rings. The molecule has 0 aromatic heterocycles. The smallest absolute Gasteiger partial charge is 0.129 e. The van der Waals surface area contributed by atoms with Gasteiger partial charge in [-0.3, -0.25) is 0 Å². The highest BCUT2D eigenvalue weighted by Crippen LogP contribution is 2.25. The predicted octanol–water partition coefficient (Wildman–Crippen LogP) is 2.19. The van der Waals surface area contributed by atoms with E-state index in [1.807, 2.05) is 0 Å². The fourth-order valence-electron chi connectivity index (χ4n) is 1.24. The summed E-state index contributed by atoms with van der Waals surface area (Å²) in [5.74, 6) is -0.162. The zero-order chi connectivity index (χ0) is 11.4. The maximum absolute atomic E-state index is 13.3. The normalized spacial score (nSPS) is 15.0. The fraction of sp³-hybridized carbons (Fsp3) is 0.400. The molecule has 84 valence electrons. The van der Waals surface area contributed by atoms with Crippen LogP contribution in [0.5, 0.6) is 0 Å². The van der Waals surface area contributed by atoms with Crippen LogP contribution >= 0.6 is 24.2 Å². The van der Waals surface area contributed by atoms with Gasteiger partial charge in [-0.25, -0.2) is 4.39 Å². The summed E-state index contributed by atoms with van der Waals surface area (Å²) in [4.78, 5) is 0. The molecule has 0 radical (unpaired) electrons. The summed E-state index contributed by atoms with van der Waals surface area (Å²) in [6.07, 6.45) is -2.01. The number of halogens is 2. The molecule has 1 aromatic carbocycles. The van der Waals surface area contributed by atoms with Gasteiger partial charge >= 0.3 is 0 Å². The van der Waals surface area contributed by atoms with Crippen LogP contribution in [0.1, 0.15) is 18.1 Å². The van der Waals surface area contributed by atoms with Crippen LogP contribution in [0.15, 0.2) is 18.2 Å². The predicted molar refractivity (Wildman–Crippen MR) is 60.8 cm³/mol. The first-order valence-electron chi connectivity index (χ1n) is 4.48. The first-order chi connectivity index (χ1) is 7.06. The van der Waals surface area contributed by atoms with Crippen LogP contribution in [0.3, 0.4) is 0 Å². The first kappa shape index (κ1) is 12.8. The Morgan fingerprint density at radius 3 is 2.67 bits per heavy atom. The van der Waals surface area contributed by atoms with Crippen molar-refractivity contribution < 1.29 is 14.6 Å². The molecule has 2 N–H and O–H groups in total. The summed E-state index contributed by atoms with van der Waals surface area (Å²) in [5.41, 5.74) is 0.0109. The van der Waals surface area contributed by atoms with E-state index in [1.165, 1.54) is 12.1 Å². The average Bonchev–Trinajstić information content (AvgIpc) is 2.21. The van der Waals surface area contributed by atoms with E-state index < -0.39 is 18.0 Å². The number of hydrogen-bond donors (Lipinski definition) is 3. The molecule has 5 heteroatoms. The summed E-state index contributed by atoms with van der Waals surface area (Å²) >= 11 is 9.59. The molecule has 1 rings (SSSR count). The van der Waals surface area contributed by atoms with Gasteiger partial charge in [-0.1, -0.05) is 11.6 Å². The summed E-state index contributed by atoms with van der Waals surface area (Å²) in [7, 11) is 0. The van der Waals surface area contributed by atoms with Crippen LogP contribution in [-0.4, -0.2) is 22.1 Å². The van der Waals surface area contributed by atoms with Crippen LogP contribution < -0.4 is 0 Å². The summed E-state index contributed by atoms with van der Waals surface area (Å²) in [6, 6.07) is 3.86. The Morgan fingerprint density at radius 2 is 2.07 bits per heavy atom. The van der Waals surface area contributed by atoms with Crippen molar-refractivity contribution in [2.75, 3.05) is 5.75 Å². The third-order valence-electron chi connectivity index (χ3n) is 2.07. The fourth-order valence-corrected chi connectivity index (χ4v) is 1.68. The van der Waals surface area contributed by atoms with Gasteiger partial charge in [0.05, 0.1) is 6.10 Å². The molecular weight excluding hydrogens is 239 g/mol. The lowest BCUT2D eigenvalue weighted by molar-refractivity contribution is 0.0152. The Bertz CT molecular complexity index is 335. The lowest BCUT2D eigenvalue weighted by atomic mass is 10.0. The van der Waals surface area contributed by atoms with Crippen LogP contribution in [0, 0.1) is 5.82 Å². The summed E-state index contributed by atoms with van der Waals surface area (Å²) < 4.78 is 13.3. The van der Waals surface area contributed by atoms with E-state index in [-0.39, 0.29) is 12.0 Å². The van der Waals surface area contributed by atoms with E-state index in [2.05, 4.69) is 12.6 Å². The van der Waals surface area contributed by atoms with Crippen molar-refractivity contribution >= 4 is 24.2 Å². The van der Waals surface area contributed by atoms with Crippen LogP contribution in [0.25, 0.3) is 0 Å². The van der Waals surface area contributed by atoms with Crippen molar-refractivity contribution in [3.05, 3.63) is 34.6 Å². The molecule has 1 aromatic rings. The highest BCUT2D eigenvalue weighted by atomic mass is 35.5. The maximum atomic E-state index is 13.3. The molecule has 0 aliphatic rings. The molecule has 0 aliphatic carbocycles. The topological polar surface area (TPSA) is 40.5 Å². The van der Waals surface area contributed by atoms with E-state index in [4.69, 9.17) is 11.6 Å². The van der Waals surface area contributed by atoms with Gasteiger partial charge in [0, 0.05) is 10.6 Å². The SMILES string of the molecule is OC(CCS)C(O)c1cc(Cl)ccc1F. The van der Waals surface area contributed by atoms with Gasteiger partial charge in [0.25, 0.3) is 0 Å². The Hall–Kier alpha value is -0.290. The van der Waals surface area contributed by atoms with E-state index in [0.29, 0.717) is 10.8 Å². The van der Waals surface area contributed by atoms with E-state index in [1.54, 1.807) is 0 Å². The molecule has 2 unspecified atom stereocenters. The van der Waals surface area contributed by atoms with Gasteiger partial charge in [0.2, 0.25) is 0 Å². The second-order valence-electron chi connectivity index (χ2n) is 3.19. The second kappa shape index (κ2) is 5.70. The van der Waals surface area contributed by atoms with E-state index in [9.17, 15) is 14.6 Å². The van der Waals surface area contributed by atoms with Gasteiger partial charge in [-0.2, -0.15) is 12.6 Å². The number of aliphatic hydroxyl groups is 2. The van der Waals surface area contributed by atoms with Gasteiger partial charge in [0.1, 0.15) is 11.9 Å². The number of thiol groups is 1. The second-order valence-corrected chi connectivity index (χ2v) is 4.07. The first-order valence-corrected chi connectivity index (χ1v) is 5.49. The lowest BCUT2D eigenvalue weighted by Gasteiger charge is -2.18. The highest BCUT2D eigenvalue weighted by Gasteiger charge is 2.21. The minimum atomic E-state index is -1.27. The average molecular weight is 251 g/mol. The minimum absolute atomic E-state index is 0.0109. The Balaban J connectivity index is 2.89. The summed E-state index contributed by atoms with van der Waals surface area (Å²) in [6.45, 7) is 0. The Labute approximate surface area is 98.1 Å². The molecule has 15 heavy (non-hydrogen) atoms. The zero-order valence-corrected chi connectivity index (χ0v) is 9.55. The highest BCUT2D eigenvalue weighted by molar-refractivity contribution is 7.80.